The topological polar surface area (TPSA) is 51.0 Å². The first kappa shape index (κ1) is 15.7. The van der Waals surface area contributed by atoms with Crippen LogP contribution in [0.5, 0.6) is 11.5 Å². The summed E-state index contributed by atoms with van der Waals surface area (Å²) in [6, 6.07) is 5.63. The number of rotatable bonds is 4. The van der Waals surface area contributed by atoms with E-state index < -0.39 is 0 Å². The van der Waals surface area contributed by atoms with E-state index in [1.54, 1.807) is 14.0 Å². The molecule has 0 spiro atoms. The fourth-order valence-corrected chi connectivity index (χ4v) is 3.20. The van der Waals surface area contributed by atoms with Crippen molar-refractivity contribution < 1.29 is 14.7 Å². The molecule has 1 aromatic carbocycles. The van der Waals surface area contributed by atoms with Gasteiger partial charge < -0.3 is 14.7 Å². The van der Waals surface area contributed by atoms with E-state index in [1.807, 2.05) is 18.2 Å². The zero-order chi connectivity index (χ0) is 15.4. The number of ether oxygens (including phenoxy) is 2. The first-order chi connectivity index (χ1) is 10.0. The van der Waals surface area contributed by atoms with Crippen LogP contribution in [0, 0.1) is 11.8 Å². The third-order valence-electron chi connectivity index (χ3n) is 4.16. The van der Waals surface area contributed by atoms with E-state index in [1.165, 1.54) is 6.42 Å². The van der Waals surface area contributed by atoms with Crippen LogP contribution < -0.4 is 9.47 Å². The van der Waals surface area contributed by atoms with Crippen molar-refractivity contribution in [1.82, 2.24) is 0 Å². The molecule has 1 fully saturated rings. The molecule has 0 saturated heterocycles. The van der Waals surface area contributed by atoms with Gasteiger partial charge in [-0.05, 0) is 56.2 Å². The lowest BCUT2D eigenvalue weighted by Gasteiger charge is -2.32. The zero-order valence-corrected chi connectivity index (χ0v) is 13.3. The predicted molar refractivity (Wildman–Crippen MR) is 83.6 cm³/mol. The molecule has 21 heavy (non-hydrogen) atoms. The molecule has 0 amide bonds. The van der Waals surface area contributed by atoms with Crippen molar-refractivity contribution >= 4 is 5.71 Å². The summed E-state index contributed by atoms with van der Waals surface area (Å²) in [4.78, 5) is 0. The second kappa shape index (κ2) is 6.83. The maximum Gasteiger partial charge on any atom is 0.161 e. The van der Waals surface area contributed by atoms with Crippen molar-refractivity contribution in [3.05, 3.63) is 23.8 Å². The molecule has 4 nitrogen and oxygen atoms in total. The maximum absolute atomic E-state index is 8.86. The van der Waals surface area contributed by atoms with E-state index in [9.17, 15) is 0 Å². The Morgan fingerprint density at radius 2 is 1.81 bits per heavy atom. The number of hydrogen-bond donors (Lipinski definition) is 1. The molecule has 2 rings (SSSR count). The number of benzene rings is 1. The number of nitrogens with zero attached hydrogens (tertiary/aromatic N) is 1. The average molecular weight is 291 g/mol. The molecule has 1 aromatic rings. The van der Waals surface area contributed by atoms with Crippen LogP contribution in [0.2, 0.25) is 0 Å². The highest BCUT2D eigenvalue weighted by molar-refractivity contribution is 5.98. The van der Waals surface area contributed by atoms with Crippen molar-refractivity contribution in [2.45, 2.75) is 46.1 Å². The molecule has 116 valence electrons. The molecule has 0 bridgehead atoms. The smallest absolute Gasteiger partial charge is 0.161 e. The zero-order valence-electron chi connectivity index (χ0n) is 13.3. The summed E-state index contributed by atoms with van der Waals surface area (Å²) >= 11 is 0. The summed E-state index contributed by atoms with van der Waals surface area (Å²) in [5.74, 6) is 2.85. The lowest BCUT2D eigenvalue weighted by molar-refractivity contribution is 0.0980. The molecule has 0 heterocycles. The Balaban J connectivity index is 2.16. The van der Waals surface area contributed by atoms with Crippen LogP contribution in [0.1, 0.15) is 45.6 Å². The molecule has 1 aliphatic carbocycles. The van der Waals surface area contributed by atoms with Crippen molar-refractivity contribution in [3.8, 4) is 11.5 Å². The van der Waals surface area contributed by atoms with Gasteiger partial charge in [-0.25, -0.2) is 0 Å². The lowest BCUT2D eigenvalue weighted by Crippen LogP contribution is -2.28. The molecular weight excluding hydrogens is 266 g/mol. The summed E-state index contributed by atoms with van der Waals surface area (Å²) < 4.78 is 11.6. The van der Waals surface area contributed by atoms with Gasteiger partial charge in [0.1, 0.15) is 0 Å². The van der Waals surface area contributed by atoms with Gasteiger partial charge in [0.25, 0.3) is 0 Å². The van der Waals surface area contributed by atoms with Crippen molar-refractivity contribution in [2.75, 3.05) is 7.11 Å². The highest BCUT2D eigenvalue weighted by Crippen LogP contribution is 2.35. The van der Waals surface area contributed by atoms with Gasteiger partial charge in [-0.1, -0.05) is 19.0 Å². The molecule has 1 saturated carbocycles. The SMILES string of the molecule is COc1cc(C(C)=NO)ccc1OC1CC(C)CC(C)C1. The molecule has 0 aromatic heterocycles. The van der Waals surface area contributed by atoms with Gasteiger partial charge in [0.05, 0.1) is 18.9 Å². The van der Waals surface area contributed by atoms with Crippen LogP contribution in [-0.2, 0) is 0 Å². The first-order valence-corrected chi connectivity index (χ1v) is 7.57. The van der Waals surface area contributed by atoms with Crippen LogP contribution in [0.3, 0.4) is 0 Å². The Hall–Kier alpha value is -1.71. The molecule has 4 heteroatoms. The average Bonchev–Trinajstić information content (AvgIpc) is 2.45. The van der Waals surface area contributed by atoms with E-state index in [4.69, 9.17) is 14.7 Å². The molecule has 0 aliphatic heterocycles. The van der Waals surface area contributed by atoms with Gasteiger partial charge in [0.2, 0.25) is 0 Å². The number of oxime groups is 1. The van der Waals surface area contributed by atoms with E-state index in [2.05, 4.69) is 19.0 Å². The normalized spacial score (nSPS) is 26.5. The van der Waals surface area contributed by atoms with Crippen LogP contribution in [-0.4, -0.2) is 24.1 Å². The second-order valence-electron chi connectivity index (χ2n) is 6.21. The Kier molecular flexibility index (Phi) is 5.10. The van der Waals surface area contributed by atoms with Gasteiger partial charge in [-0.2, -0.15) is 0 Å². The third kappa shape index (κ3) is 3.90. The van der Waals surface area contributed by atoms with Gasteiger partial charge in [-0.15, -0.1) is 0 Å². The summed E-state index contributed by atoms with van der Waals surface area (Å²) in [6.45, 7) is 6.32. The molecular formula is C17H25NO3. The maximum atomic E-state index is 8.86. The molecule has 1 aliphatic rings. The van der Waals surface area contributed by atoms with Crippen molar-refractivity contribution in [2.24, 2.45) is 17.0 Å². The van der Waals surface area contributed by atoms with Crippen LogP contribution in [0.15, 0.2) is 23.4 Å². The molecule has 1 N–H and O–H groups in total. The minimum Gasteiger partial charge on any atom is -0.493 e. The monoisotopic (exact) mass is 291 g/mol. The number of hydrogen-bond acceptors (Lipinski definition) is 4. The number of methoxy groups -OCH3 is 1. The van der Waals surface area contributed by atoms with Gasteiger partial charge >= 0.3 is 0 Å². The fraction of sp³-hybridized carbons (Fsp3) is 0.588. The fourth-order valence-electron chi connectivity index (χ4n) is 3.20. The first-order valence-electron chi connectivity index (χ1n) is 7.57. The quantitative estimate of drug-likeness (QED) is 0.516. The standard InChI is InChI=1S/C17H25NO3/c1-11-7-12(2)9-15(8-11)21-16-6-5-14(13(3)18-19)10-17(16)20-4/h5-6,10-12,15,19H,7-9H2,1-4H3. The van der Waals surface area contributed by atoms with Gasteiger partial charge in [-0.3, -0.25) is 0 Å². The highest BCUT2D eigenvalue weighted by Gasteiger charge is 2.26. The van der Waals surface area contributed by atoms with E-state index in [0.717, 1.165) is 24.2 Å². The highest BCUT2D eigenvalue weighted by atomic mass is 16.5. The second-order valence-corrected chi connectivity index (χ2v) is 6.21. The van der Waals surface area contributed by atoms with Crippen molar-refractivity contribution in [1.29, 1.82) is 0 Å². The van der Waals surface area contributed by atoms with E-state index in [0.29, 0.717) is 23.3 Å². The van der Waals surface area contributed by atoms with Crippen LogP contribution in [0.4, 0.5) is 0 Å². The Bertz CT molecular complexity index is 503. The Labute approximate surface area is 126 Å². The summed E-state index contributed by atoms with van der Waals surface area (Å²) in [5, 5.41) is 12.1. The lowest BCUT2D eigenvalue weighted by atomic mass is 9.82. The van der Waals surface area contributed by atoms with Gasteiger partial charge in [0, 0.05) is 5.56 Å². The van der Waals surface area contributed by atoms with E-state index in [-0.39, 0.29) is 6.10 Å². The Morgan fingerprint density at radius 3 is 2.38 bits per heavy atom. The van der Waals surface area contributed by atoms with Crippen LogP contribution >= 0.6 is 0 Å². The Morgan fingerprint density at radius 1 is 1.14 bits per heavy atom. The van der Waals surface area contributed by atoms with Crippen molar-refractivity contribution in [3.63, 3.8) is 0 Å². The largest absolute Gasteiger partial charge is 0.493 e. The minimum absolute atomic E-state index is 0.246. The van der Waals surface area contributed by atoms with Crippen LogP contribution in [0.25, 0.3) is 0 Å². The molecule has 2 unspecified atom stereocenters. The minimum atomic E-state index is 0.246. The summed E-state index contributed by atoms with van der Waals surface area (Å²) in [5.41, 5.74) is 1.38. The van der Waals surface area contributed by atoms with Gasteiger partial charge in [0.15, 0.2) is 11.5 Å². The molecule has 2 atom stereocenters. The third-order valence-corrected chi connectivity index (χ3v) is 4.16. The summed E-state index contributed by atoms with van der Waals surface area (Å²) in [6.07, 6.45) is 3.71. The summed E-state index contributed by atoms with van der Waals surface area (Å²) in [7, 11) is 1.63. The van der Waals surface area contributed by atoms with E-state index >= 15 is 0 Å². The predicted octanol–water partition coefficient (Wildman–Crippen LogP) is 4.10. The molecule has 0 radical (unpaired) electrons.